The van der Waals surface area contributed by atoms with Crippen LogP contribution >= 0.6 is 11.6 Å². The predicted octanol–water partition coefficient (Wildman–Crippen LogP) is 3.67. The summed E-state index contributed by atoms with van der Waals surface area (Å²) in [7, 11) is 0. The molecule has 0 aliphatic heterocycles. The average Bonchev–Trinajstić information content (AvgIpc) is 2.08. The Kier molecular flexibility index (Phi) is 3.26. The molecule has 5 heteroatoms. The van der Waals surface area contributed by atoms with Crippen molar-refractivity contribution in [2.24, 2.45) is 0 Å². The van der Waals surface area contributed by atoms with Crippen LogP contribution in [0.2, 0.25) is 5.02 Å². The first-order valence-electron chi connectivity index (χ1n) is 3.84. The van der Waals surface area contributed by atoms with Gasteiger partial charge in [0.1, 0.15) is 5.75 Å². The van der Waals surface area contributed by atoms with Crippen LogP contribution in [0.5, 0.6) is 5.75 Å². The summed E-state index contributed by atoms with van der Waals surface area (Å²) in [6.07, 6.45) is -3.22. The highest BCUT2D eigenvalue weighted by Crippen LogP contribution is 2.30. The minimum atomic E-state index is -3.22. The highest BCUT2D eigenvalue weighted by atomic mass is 35.5. The Labute approximate surface area is 84.4 Å². The van der Waals surface area contributed by atoms with Crippen molar-refractivity contribution in [2.75, 3.05) is 0 Å². The normalized spacial score (nSPS) is 15.3. The fourth-order valence-electron chi connectivity index (χ4n) is 0.787. The first-order valence-corrected chi connectivity index (χ1v) is 4.22. The van der Waals surface area contributed by atoms with Gasteiger partial charge in [-0.3, -0.25) is 0 Å². The monoisotopic (exact) mass is 224 g/mol. The molecular formula is C9H8ClF3O. The molecule has 78 valence electrons. The highest BCUT2D eigenvalue weighted by molar-refractivity contribution is 6.32. The van der Waals surface area contributed by atoms with Crippen molar-refractivity contribution < 1.29 is 17.9 Å². The lowest BCUT2D eigenvalue weighted by Gasteiger charge is -2.21. The van der Waals surface area contributed by atoms with E-state index in [1.807, 2.05) is 0 Å². The molecule has 1 atom stereocenters. The molecule has 0 N–H and O–H groups in total. The average molecular weight is 225 g/mol. The van der Waals surface area contributed by atoms with E-state index >= 15 is 0 Å². The lowest BCUT2D eigenvalue weighted by molar-refractivity contribution is -0.152. The number of ether oxygens (including phenoxy) is 1. The molecule has 0 aliphatic rings. The van der Waals surface area contributed by atoms with Gasteiger partial charge in [0.15, 0.2) is 0 Å². The van der Waals surface area contributed by atoms with Gasteiger partial charge in [-0.2, -0.15) is 4.39 Å². The van der Waals surface area contributed by atoms with Crippen molar-refractivity contribution >= 4 is 11.6 Å². The van der Waals surface area contributed by atoms with Gasteiger partial charge in [-0.05, 0) is 12.1 Å². The van der Waals surface area contributed by atoms with Gasteiger partial charge in [0.05, 0.1) is 5.02 Å². The number of alkyl halides is 3. The summed E-state index contributed by atoms with van der Waals surface area (Å²) in [5, 5.41) is 0.0945. The van der Waals surface area contributed by atoms with Crippen LogP contribution in [0, 0.1) is 0 Å². The van der Waals surface area contributed by atoms with Crippen LogP contribution in [0.25, 0.3) is 0 Å². The van der Waals surface area contributed by atoms with E-state index in [0.29, 0.717) is 6.92 Å². The van der Waals surface area contributed by atoms with E-state index in [9.17, 15) is 13.2 Å². The van der Waals surface area contributed by atoms with E-state index in [-0.39, 0.29) is 10.8 Å². The molecular weight excluding hydrogens is 217 g/mol. The van der Waals surface area contributed by atoms with Gasteiger partial charge in [-0.15, -0.1) is 0 Å². The van der Waals surface area contributed by atoms with Crippen molar-refractivity contribution in [3.8, 4) is 5.75 Å². The number of rotatable bonds is 3. The standard InChI is InChI=1S/C9H8ClF3O/c1-9(13,8(11)12)14-7-5-3-2-4-6(7)10/h2-5,8H,1H3. The number of halogens is 4. The van der Waals surface area contributed by atoms with Crippen molar-refractivity contribution in [2.45, 2.75) is 19.2 Å². The number of benzene rings is 1. The lowest BCUT2D eigenvalue weighted by atomic mass is 10.3. The van der Waals surface area contributed by atoms with Gasteiger partial charge in [-0.25, -0.2) is 8.78 Å². The molecule has 0 fully saturated rings. The van der Waals surface area contributed by atoms with E-state index in [0.717, 1.165) is 0 Å². The van der Waals surface area contributed by atoms with Crippen LogP contribution in [-0.2, 0) is 0 Å². The predicted molar refractivity (Wildman–Crippen MR) is 47.6 cm³/mol. The summed E-state index contributed by atoms with van der Waals surface area (Å²) in [6.45, 7) is 0.654. The molecule has 0 saturated carbocycles. The largest absolute Gasteiger partial charge is 0.451 e. The Balaban J connectivity index is 2.84. The summed E-state index contributed by atoms with van der Waals surface area (Å²) in [4.78, 5) is 0. The van der Waals surface area contributed by atoms with Crippen LogP contribution in [0.15, 0.2) is 24.3 Å². The molecule has 0 radical (unpaired) electrons. The molecule has 1 rings (SSSR count). The zero-order chi connectivity index (χ0) is 10.8. The fraction of sp³-hybridized carbons (Fsp3) is 0.333. The maximum absolute atomic E-state index is 13.0. The fourth-order valence-corrected chi connectivity index (χ4v) is 0.961. The Hall–Kier alpha value is -0.900. The third kappa shape index (κ3) is 2.54. The number of para-hydroxylation sites is 1. The molecule has 1 unspecified atom stereocenters. The first kappa shape index (κ1) is 11.2. The van der Waals surface area contributed by atoms with Gasteiger partial charge < -0.3 is 4.74 Å². The van der Waals surface area contributed by atoms with Crippen LogP contribution in [0.4, 0.5) is 13.2 Å². The van der Waals surface area contributed by atoms with Gasteiger partial charge >= 0.3 is 12.3 Å². The molecule has 1 nitrogen and oxygen atoms in total. The van der Waals surface area contributed by atoms with Crippen LogP contribution in [-0.4, -0.2) is 12.3 Å². The summed E-state index contributed by atoms with van der Waals surface area (Å²) in [5.41, 5.74) is 0. The number of hydrogen-bond donors (Lipinski definition) is 0. The summed E-state index contributed by atoms with van der Waals surface area (Å²) in [6, 6.07) is 5.86. The van der Waals surface area contributed by atoms with E-state index in [2.05, 4.69) is 4.74 Å². The van der Waals surface area contributed by atoms with E-state index in [1.165, 1.54) is 18.2 Å². The van der Waals surface area contributed by atoms with E-state index in [4.69, 9.17) is 11.6 Å². The topological polar surface area (TPSA) is 9.23 Å². The van der Waals surface area contributed by atoms with Crippen molar-refractivity contribution in [1.29, 1.82) is 0 Å². The second-order valence-electron chi connectivity index (χ2n) is 2.82. The lowest BCUT2D eigenvalue weighted by Crippen LogP contribution is -2.35. The van der Waals surface area contributed by atoms with Crippen LogP contribution in [0.3, 0.4) is 0 Å². The van der Waals surface area contributed by atoms with Gasteiger partial charge in [0, 0.05) is 6.92 Å². The molecule has 0 aromatic heterocycles. The quantitative estimate of drug-likeness (QED) is 0.761. The van der Waals surface area contributed by atoms with Gasteiger partial charge in [0.25, 0.3) is 0 Å². The maximum Gasteiger partial charge on any atom is 0.306 e. The maximum atomic E-state index is 13.0. The Morgan fingerprint density at radius 3 is 2.43 bits per heavy atom. The molecule has 0 bridgehead atoms. The van der Waals surface area contributed by atoms with E-state index < -0.39 is 12.3 Å². The molecule has 0 heterocycles. The third-order valence-corrected chi connectivity index (χ3v) is 1.85. The Morgan fingerprint density at radius 2 is 1.93 bits per heavy atom. The smallest absolute Gasteiger partial charge is 0.306 e. The minimum Gasteiger partial charge on any atom is -0.451 e. The third-order valence-electron chi connectivity index (χ3n) is 1.54. The zero-order valence-electron chi connectivity index (χ0n) is 7.31. The van der Waals surface area contributed by atoms with Crippen molar-refractivity contribution in [1.82, 2.24) is 0 Å². The number of hydrogen-bond acceptors (Lipinski definition) is 1. The SMILES string of the molecule is CC(F)(Oc1ccccc1Cl)C(F)F. The summed E-state index contributed by atoms with van der Waals surface area (Å²) in [5.74, 6) is -3.12. The molecule has 14 heavy (non-hydrogen) atoms. The van der Waals surface area contributed by atoms with Crippen LogP contribution < -0.4 is 4.74 Å². The molecule has 1 aromatic rings. The van der Waals surface area contributed by atoms with Gasteiger partial charge in [0.2, 0.25) is 0 Å². The van der Waals surface area contributed by atoms with E-state index in [1.54, 1.807) is 6.07 Å². The second kappa shape index (κ2) is 4.09. The Bertz CT molecular complexity index is 315. The second-order valence-corrected chi connectivity index (χ2v) is 3.23. The summed E-state index contributed by atoms with van der Waals surface area (Å²) < 4.78 is 41.7. The molecule has 0 amide bonds. The van der Waals surface area contributed by atoms with Crippen molar-refractivity contribution in [3.63, 3.8) is 0 Å². The molecule has 1 aromatic carbocycles. The van der Waals surface area contributed by atoms with Crippen molar-refractivity contribution in [3.05, 3.63) is 29.3 Å². The Morgan fingerprint density at radius 1 is 1.36 bits per heavy atom. The molecule has 0 aliphatic carbocycles. The first-order chi connectivity index (χ1) is 6.43. The molecule has 0 spiro atoms. The van der Waals surface area contributed by atoms with Gasteiger partial charge in [-0.1, -0.05) is 23.7 Å². The summed E-state index contributed by atoms with van der Waals surface area (Å²) >= 11 is 5.60. The highest BCUT2D eigenvalue weighted by Gasteiger charge is 2.37. The van der Waals surface area contributed by atoms with Crippen LogP contribution in [0.1, 0.15) is 6.92 Å². The zero-order valence-corrected chi connectivity index (χ0v) is 8.06. The minimum absolute atomic E-state index is 0.0945. The molecule has 0 saturated heterocycles.